The first-order valence-corrected chi connectivity index (χ1v) is 6.50. The molecule has 5 nitrogen and oxygen atoms in total. The van der Waals surface area contributed by atoms with E-state index in [1.54, 1.807) is 0 Å². The number of phenols is 1. The van der Waals surface area contributed by atoms with Crippen molar-refractivity contribution in [2.75, 3.05) is 6.54 Å². The fourth-order valence-electron chi connectivity index (χ4n) is 1.60. The van der Waals surface area contributed by atoms with Crippen molar-refractivity contribution in [3.8, 4) is 5.75 Å². The predicted molar refractivity (Wildman–Crippen MR) is 71.2 cm³/mol. The molecule has 1 fully saturated rings. The van der Waals surface area contributed by atoms with Crippen LogP contribution in [0.2, 0.25) is 5.02 Å². The van der Waals surface area contributed by atoms with E-state index in [1.165, 1.54) is 18.2 Å². The summed E-state index contributed by atoms with van der Waals surface area (Å²) in [4.78, 5) is 23.2. The van der Waals surface area contributed by atoms with Crippen molar-refractivity contribution in [1.29, 1.82) is 0 Å². The summed E-state index contributed by atoms with van der Waals surface area (Å²) in [5, 5.41) is 15.3. The number of carbonyl (C=O) groups excluding carboxylic acids is 2. The summed E-state index contributed by atoms with van der Waals surface area (Å²) in [6, 6.07) is 4.56. The molecule has 0 bridgehead atoms. The lowest BCUT2D eigenvalue weighted by Gasteiger charge is -2.07. The van der Waals surface area contributed by atoms with E-state index in [0.717, 1.165) is 12.8 Å². The van der Waals surface area contributed by atoms with Crippen LogP contribution in [-0.4, -0.2) is 29.5 Å². The number of amides is 2. The van der Waals surface area contributed by atoms with Crippen LogP contribution in [0.25, 0.3) is 0 Å². The smallest absolute Gasteiger partial charge is 0.255 e. The minimum absolute atomic E-state index is 0.0712. The van der Waals surface area contributed by atoms with Gasteiger partial charge in [0.15, 0.2) is 0 Å². The molecule has 0 spiro atoms. The number of phenolic OH excluding ortho intramolecular Hbond substituents is 1. The van der Waals surface area contributed by atoms with E-state index in [9.17, 15) is 14.7 Å². The number of hydrogen-bond acceptors (Lipinski definition) is 3. The minimum atomic E-state index is -0.445. The van der Waals surface area contributed by atoms with Crippen LogP contribution in [0.5, 0.6) is 5.75 Å². The van der Waals surface area contributed by atoms with Gasteiger partial charge in [0.2, 0.25) is 5.91 Å². The molecule has 0 radical (unpaired) electrons. The van der Waals surface area contributed by atoms with E-state index < -0.39 is 5.91 Å². The SMILES string of the molecule is O=C(CCNC(=O)c1cc(Cl)ccc1O)NC1CC1. The fourth-order valence-corrected chi connectivity index (χ4v) is 1.77. The minimum Gasteiger partial charge on any atom is -0.507 e. The Kier molecular flexibility index (Phi) is 4.27. The molecule has 102 valence electrons. The molecule has 3 N–H and O–H groups in total. The Labute approximate surface area is 116 Å². The van der Waals surface area contributed by atoms with Gasteiger partial charge in [-0.1, -0.05) is 11.6 Å². The quantitative estimate of drug-likeness (QED) is 0.765. The summed E-state index contributed by atoms with van der Waals surface area (Å²) in [5.74, 6) is -0.651. The highest BCUT2D eigenvalue weighted by Gasteiger charge is 2.22. The van der Waals surface area contributed by atoms with Crippen LogP contribution < -0.4 is 10.6 Å². The van der Waals surface area contributed by atoms with E-state index in [0.29, 0.717) is 11.1 Å². The van der Waals surface area contributed by atoms with Gasteiger partial charge in [-0.2, -0.15) is 0 Å². The molecule has 0 atom stereocenters. The highest BCUT2D eigenvalue weighted by molar-refractivity contribution is 6.31. The van der Waals surface area contributed by atoms with E-state index >= 15 is 0 Å². The highest BCUT2D eigenvalue weighted by Crippen LogP contribution is 2.21. The molecule has 1 saturated carbocycles. The summed E-state index contributed by atoms with van der Waals surface area (Å²) in [7, 11) is 0. The first-order valence-electron chi connectivity index (χ1n) is 6.12. The van der Waals surface area contributed by atoms with Gasteiger partial charge in [-0.05, 0) is 31.0 Å². The molecule has 1 aliphatic rings. The molecular weight excluding hydrogens is 268 g/mol. The largest absolute Gasteiger partial charge is 0.507 e. The molecule has 2 rings (SSSR count). The maximum Gasteiger partial charge on any atom is 0.255 e. The predicted octanol–water partition coefficient (Wildman–Crippen LogP) is 1.44. The van der Waals surface area contributed by atoms with Gasteiger partial charge in [0.05, 0.1) is 5.56 Å². The number of aromatic hydroxyl groups is 1. The molecule has 0 heterocycles. The average molecular weight is 283 g/mol. The second kappa shape index (κ2) is 5.93. The molecule has 0 aliphatic heterocycles. The molecule has 2 amide bonds. The maximum atomic E-state index is 11.8. The number of halogens is 1. The second-order valence-corrected chi connectivity index (χ2v) is 4.95. The zero-order chi connectivity index (χ0) is 13.8. The molecule has 1 aromatic carbocycles. The lowest BCUT2D eigenvalue weighted by atomic mass is 10.2. The van der Waals surface area contributed by atoms with Gasteiger partial charge in [-0.3, -0.25) is 9.59 Å². The van der Waals surface area contributed by atoms with Gasteiger partial charge < -0.3 is 15.7 Å². The highest BCUT2D eigenvalue weighted by atomic mass is 35.5. The molecule has 0 saturated heterocycles. The molecule has 19 heavy (non-hydrogen) atoms. The molecule has 0 unspecified atom stereocenters. The zero-order valence-electron chi connectivity index (χ0n) is 10.3. The third kappa shape index (κ3) is 4.13. The normalized spacial score (nSPS) is 13.9. The van der Waals surface area contributed by atoms with Crippen molar-refractivity contribution >= 4 is 23.4 Å². The molecular formula is C13H15ClN2O3. The van der Waals surface area contributed by atoms with Gasteiger partial charge in [0.25, 0.3) is 5.91 Å². The Bertz CT molecular complexity index is 501. The third-order valence-corrected chi connectivity index (χ3v) is 3.02. The summed E-state index contributed by atoms with van der Waals surface area (Å²) < 4.78 is 0. The molecule has 1 aromatic rings. The lowest BCUT2D eigenvalue weighted by Crippen LogP contribution is -2.31. The Hall–Kier alpha value is -1.75. The van der Waals surface area contributed by atoms with Crippen LogP contribution >= 0.6 is 11.6 Å². The average Bonchev–Trinajstić information content (AvgIpc) is 3.16. The van der Waals surface area contributed by atoms with Gasteiger partial charge in [0.1, 0.15) is 5.75 Å². The van der Waals surface area contributed by atoms with E-state index in [2.05, 4.69) is 10.6 Å². The zero-order valence-corrected chi connectivity index (χ0v) is 11.0. The van der Waals surface area contributed by atoms with E-state index in [4.69, 9.17) is 11.6 Å². The van der Waals surface area contributed by atoms with Crippen molar-refractivity contribution in [3.05, 3.63) is 28.8 Å². The second-order valence-electron chi connectivity index (χ2n) is 4.51. The van der Waals surface area contributed by atoms with Gasteiger partial charge in [0, 0.05) is 24.0 Å². The van der Waals surface area contributed by atoms with Crippen molar-refractivity contribution < 1.29 is 14.7 Å². The van der Waals surface area contributed by atoms with E-state index in [1.807, 2.05) is 0 Å². The van der Waals surface area contributed by atoms with Crippen molar-refractivity contribution in [3.63, 3.8) is 0 Å². The monoisotopic (exact) mass is 282 g/mol. The van der Waals surface area contributed by atoms with Crippen molar-refractivity contribution in [1.82, 2.24) is 10.6 Å². The van der Waals surface area contributed by atoms with Crippen LogP contribution in [0.3, 0.4) is 0 Å². The first-order chi connectivity index (χ1) is 9.06. The Morgan fingerprint density at radius 1 is 1.37 bits per heavy atom. The number of benzene rings is 1. The number of carbonyl (C=O) groups is 2. The van der Waals surface area contributed by atoms with Crippen LogP contribution in [0, 0.1) is 0 Å². The fraction of sp³-hybridized carbons (Fsp3) is 0.385. The van der Waals surface area contributed by atoms with Gasteiger partial charge in [-0.15, -0.1) is 0 Å². The van der Waals surface area contributed by atoms with Crippen LogP contribution in [0.1, 0.15) is 29.6 Å². The van der Waals surface area contributed by atoms with Gasteiger partial charge >= 0.3 is 0 Å². The Balaban J connectivity index is 1.80. The Morgan fingerprint density at radius 2 is 2.11 bits per heavy atom. The van der Waals surface area contributed by atoms with Crippen molar-refractivity contribution in [2.24, 2.45) is 0 Å². The first kappa shape index (κ1) is 13.7. The molecule has 1 aliphatic carbocycles. The third-order valence-electron chi connectivity index (χ3n) is 2.78. The lowest BCUT2D eigenvalue weighted by molar-refractivity contribution is -0.121. The van der Waals surface area contributed by atoms with Crippen LogP contribution in [0.15, 0.2) is 18.2 Å². The number of hydrogen-bond donors (Lipinski definition) is 3. The Morgan fingerprint density at radius 3 is 2.79 bits per heavy atom. The topological polar surface area (TPSA) is 78.4 Å². The van der Waals surface area contributed by atoms with E-state index in [-0.39, 0.29) is 30.2 Å². The molecule has 6 heteroatoms. The number of nitrogens with one attached hydrogen (secondary N) is 2. The summed E-state index contributed by atoms with van der Waals surface area (Å²) in [6.45, 7) is 0.226. The summed E-state index contributed by atoms with van der Waals surface area (Å²) in [6.07, 6.45) is 2.30. The van der Waals surface area contributed by atoms with Crippen LogP contribution in [-0.2, 0) is 4.79 Å². The number of rotatable bonds is 5. The molecule has 0 aromatic heterocycles. The standard InChI is InChI=1S/C13H15ClN2O3/c14-8-1-4-11(17)10(7-8)13(19)15-6-5-12(18)16-9-2-3-9/h1,4,7,9,17H,2-3,5-6H2,(H,15,19)(H,16,18). The van der Waals surface area contributed by atoms with Crippen LogP contribution in [0.4, 0.5) is 0 Å². The van der Waals surface area contributed by atoms with Gasteiger partial charge in [-0.25, -0.2) is 0 Å². The summed E-state index contributed by atoms with van der Waals surface area (Å²) in [5.41, 5.74) is 0.107. The maximum absolute atomic E-state index is 11.8. The summed E-state index contributed by atoms with van der Waals surface area (Å²) >= 11 is 5.75. The van der Waals surface area contributed by atoms with Crippen molar-refractivity contribution in [2.45, 2.75) is 25.3 Å².